The fourth-order valence-corrected chi connectivity index (χ4v) is 4.77. The van der Waals surface area contributed by atoms with Crippen molar-refractivity contribution in [3.8, 4) is 0 Å². The SMILES string of the molecule is Cc1nccc(N2CC3CN(c4nc(C)nc5c4CCC5)CC3C2)n1. The summed E-state index contributed by atoms with van der Waals surface area (Å²) in [7, 11) is 0. The maximum atomic E-state index is 4.82. The van der Waals surface area contributed by atoms with Crippen molar-refractivity contribution >= 4 is 11.6 Å². The zero-order chi connectivity index (χ0) is 17.0. The highest BCUT2D eigenvalue weighted by atomic mass is 15.3. The van der Waals surface area contributed by atoms with E-state index in [4.69, 9.17) is 4.98 Å². The predicted molar refractivity (Wildman–Crippen MR) is 97.0 cm³/mol. The number of aryl methyl sites for hydroxylation is 3. The first kappa shape index (κ1) is 15.0. The molecule has 0 N–H and O–H groups in total. The molecule has 6 nitrogen and oxygen atoms in total. The van der Waals surface area contributed by atoms with Gasteiger partial charge in [-0.1, -0.05) is 0 Å². The van der Waals surface area contributed by atoms with Gasteiger partial charge in [-0.3, -0.25) is 0 Å². The second-order valence-corrected chi connectivity index (χ2v) is 7.67. The van der Waals surface area contributed by atoms with E-state index in [-0.39, 0.29) is 0 Å². The largest absolute Gasteiger partial charge is 0.356 e. The van der Waals surface area contributed by atoms with Crippen molar-refractivity contribution < 1.29 is 0 Å². The molecule has 0 aromatic carbocycles. The van der Waals surface area contributed by atoms with Crippen LogP contribution < -0.4 is 9.80 Å². The highest BCUT2D eigenvalue weighted by Gasteiger charge is 2.41. The number of nitrogens with zero attached hydrogens (tertiary/aromatic N) is 6. The zero-order valence-corrected chi connectivity index (χ0v) is 14.9. The van der Waals surface area contributed by atoms with Crippen molar-refractivity contribution in [2.45, 2.75) is 33.1 Å². The fraction of sp³-hybridized carbons (Fsp3) is 0.579. The van der Waals surface area contributed by atoms with Crippen LogP contribution in [0.25, 0.3) is 0 Å². The molecular weight excluding hydrogens is 312 g/mol. The molecule has 4 heterocycles. The average Bonchev–Trinajstić information content (AvgIpc) is 3.27. The molecule has 1 aliphatic carbocycles. The van der Waals surface area contributed by atoms with Crippen LogP contribution >= 0.6 is 0 Å². The van der Waals surface area contributed by atoms with E-state index >= 15 is 0 Å². The van der Waals surface area contributed by atoms with Crippen LogP contribution in [0.4, 0.5) is 11.6 Å². The first-order chi connectivity index (χ1) is 12.2. The number of fused-ring (bicyclic) bond motifs is 2. The van der Waals surface area contributed by atoms with E-state index in [0.717, 1.165) is 56.5 Å². The Kier molecular flexibility index (Phi) is 3.40. The lowest BCUT2D eigenvalue weighted by molar-refractivity contribution is 0.533. The molecule has 6 heteroatoms. The summed E-state index contributed by atoms with van der Waals surface area (Å²) in [5, 5.41) is 0. The standard InChI is InChI=1S/C19H24N6/c1-12-20-7-6-18(22-12)24-8-14-10-25(11-15(14)9-24)19-16-4-3-5-17(16)21-13(2)23-19/h6-7,14-15H,3-5,8-11H2,1-2H3. The summed E-state index contributed by atoms with van der Waals surface area (Å²) < 4.78 is 0. The third-order valence-corrected chi connectivity index (χ3v) is 5.89. The second kappa shape index (κ2) is 5.64. The topological polar surface area (TPSA) is 58.0 Å². The van der Waals surface area contributed by atoms with E-state index in [1.807, 2.05) is 26.1 Å². The Balaban J connectivity index is 1.35. The average molecular weight is 336 g/mol. The molecule has 2 atom stereocenters. The Bertz CT molecular complexity index is 806. The molecule has 3 aliphatic rings. The molecule has 0 radical (unpaired) electrons. The lowest BCUT2D eigenvalue weighted by Crippen LogP contribution is -2.30. The van der Waals surface area contributed by atoms with Gasteiger partial charge in [-0.25, -0.2) is 19.9 Å². The van der Waals surface area contributed by atoms with Gasteiger partial charge in [0.05, 0.1) is 0 Å². The Morgan fingerprint density at radius 1 is 0.880 bits per heavy atom. The molecule has 2 fully saturated rings. The van der Waals surface area contributed by atoms with E-state index in [0.29, 0.717) is 11.8 Å². The van der Waals surface area contributed by atoms with Gasteiger partial charge in [0, 0.05) is 55.5 Å². The highest BCUT2D eigenvalue weighted by molar-refractivity contribution is 5.53. The highest BCUT2D eigenvalue weighted by Crippen LogP contribution is 2.37. The Morgan fingerprint density at radius 3 is 2.40 bits per heavy atom. The van der Waals surface area contributed by atoms with Crippen LogP contribution in [0, 0.1) is 25.7 Å². The summed E-state index contributed by atoms with van der Waals surface area (Å²) in [6.07, 6.45) is 5.35. The number of aromatic nitrogens is 4. The summed E-state index contributed by atoms with van der Waals surface area (Å²) in [4.78, 5) is 23.2. The van der Waals surface area contributed by atoms with E-state index in [1.54, 1.807) is 0 Å². The smallest absolute Gasteiger partial charge is 0.135 e. The van der Waals surface area contributed by atoms with E-state index < -0.39 is 0 Å². The summed E-state index contributed by atoms with van der Waals surface area (Å²) in [6.45, 7) is 8.37. The van der Waals surface area contributed by atoms with Crippen LogP contribution in [0.5, 0.6) is 0 Å². The molecule has 2 aromatic rings. The molecule has 2 unspecified atom stereocenters. The maximum Gasteiger partial charge on any atom is 0.135 e. The molecule has 0 amide bonds. The van der Waals surface area contributed by atoms with Crippen LogP contribution in [0.2, 0.25) is 0 Å². The maximum absolute atomic E-state index is 4.82. The lowest BCUT2D eigenvalue weighted by atomic mass is 10.0. The van der Waals surface area contributed by atoms with E-state index in [9.17, 15) is 0 Å². The van der Waals surface area contributed by atoms with Crippen LogP contribution in [0.15, 0.2) is 12.3 Å². The second-order valence-electron chi connectivity index (χ2n) is 7.67. The first-order valence-electron chi connectivity index (χ1n) is 9.33. The summed E-state index contributed by atoms with van der Waals surface area (Å²) in [5.41, 5.74) is 2.70. The van der Waals surface area contributed by atoms with Gasteiger partial charge < -0.3 is 9.80 Å². The molecule has 25 heavy (non-hydrogen) atoms. The van der Waals surface area contributed by atoms with Crippen LogP contribution in [0.3, 0.4) is 0 Å². The molecular formula is C19H24N6. The first-order valence-corrected chi connectivity index (χ1v) is 9.33. The molecule has 0 spiro atoms. The minimum atomic E-state index is 0.697. The minimum Gasteiger partial charge on any atom is -0.356 e. The Morgan fingerprint density at radius 2 is 1.64 bits per heavy atom. The van der Waals surface area contributed by atoms with Gasteiger partial charge in [-0.05, 0) is 39.2 Å². The van der Waals surface area contributed by atoms with Gasteiger partial charge in [0.2, 0.25) is 0 Å². The number of hydrogen-bond acceptors (Lipinski definition) is 6. The fourth-order valence-electron chi connectivity index (χ4n) is 4.77. The minimum absolute atomic E-state index is 0.697. The summed E-state index contributed by atoms with van der Waals surface area (Å²) in [6, 6.07) is 2.03. The number of anilines is 2. The molecule has 2 saturated heterocycles. The van der Waals surface area contributed by atoms with Gasteiger partial charge in [0.25, 0.3) is 0 Å². The van der Waals surface area contributed by atoms with E-state index in [2.05, 4.69) is 24.8 Å². The molecule has 2 aromatic heterocycles. The van der Waals surface area contributed by atoms with E-state index in [1.165, 1.54) is 23.5 Å². The summed E-state index contributed by atoms with van der Waals surface area (Å²) >= 11 is 0. The lowest BCUT2D eigenvalue weighted by Gasteiger charge is -2.24. The normalized spacial score (nSPS) is 24.7. The molecule has 5 rings (SSSR count). The van der Waals surface area contributed by atoms with Gasteiger partial charge in [0.1, 0.15) is 23.3 Å². The van der Waals surface area contributed by atoms with Crippen molar-refractivity contribution in [3.05, 3.63) is 35.2 Å². The molecule has 2 aliphatic heterocycles. The van der Waals surface area contributed by atoms with Crippen molar-refractivity contribution in [1.82, 2.24) is 19.9 Å². The zero-order valence-electron chi connectivity index (χ0n) is 14.9. The molecule has 0 bridgehead atoms. The number of hydrogen-bond donors (Lipinski definition) is 0. The van der Waals surface area contributed by atoms with Crippen molar-refractivity contribution in [2.75, 3.05) is 36.0 Å². The predicted octanol–water partition coefficient (Wildman–Crippen LogP) is 1.94. The molecule has 0 saturated carbocycles. The monoisotopic (exact) mass is 336 g/mol. The molecule has 130 valence electrons. The van der Waals surface area contributed by atoms with Crippen LogP contribution in [-0.4, -0.2) is 46.1 Å². The number of rotatable bonds is 2. The van der Waals surface area contributed by atoms with Crippen LogP contribution in [0.1, 0.15) is 29.3 Å². The summed E-state index contributed by atoms with van der Waals surface area (Å²) in [5.74, 6) is 5.46. The quantitative estimate of drug-likeness (QED) is 0.835. The van der Waals surface area contributed by atoms with Gasteiger partial charge >= 0.3 is 0 Å². The van der Waals surface area contributed by atoms with Crippen molar-refractivity contribution in [1.29, 1.82) is 0 Å². The van der Waals surface area contributed by atoms with Crippen molar-refractivity contribution in [3.63, 3.8) is 0 Å². The van der Waals surface area contributed by atoms with Gasteiger partial charge in [0.15, 0.2) is 0 Å². The Hall–Kier alpha value is -2.24. The third kappa shape index (κ3) is 2.55. The van der Waals surface area contributed by atoms with Crippen molar-refractivity contribution in [2.24, 2.45) is 11.8 Å². The van der Waals surface area contributed by atoms with Crippen LogP contribution in [-0.2, 0) is 12.8 Å². The Labute approximate surface area is 148 Å². The third-order valence-electron chi connectivity index (χ3n) is 5.89. The van der Waals surface area contributed by atoms with Gasteiger partial charge in [-0.15, -0.1) is 0 Å². The van der Waals surface area contributed by atoms with Gasteiger partial charge in [-0.2, -0.15) is 0 Å².